The fourth-order valence-electron chi connectivity index (χ4n) is 1.98. The number of amides is 1. The molecule has 0 aromatic heterocycles. The molecule has 0 bridgehead atoms. The SMILES string of the molecule is COC1CC(NCC2CC2)(C(N)=O)C1. The van der Waals surface area contributed by atoms with E-state index in [-0.39, 0.29) is 12.0 Å². The number of methoxy groups -OCH3 is 1. The average molecular weight is 198 g/mol. The number of carbonyl (C=O) groups is 1. The summed E-state index contributed by atoms with van der Waals surface area (Å²) >= 11 is 0. The first kappa shape index (κ1) is 9.93. The lowest BCUT2D eigenvalue weighted by Crippen LogP contribution is -2.65. The first-order chi connectivity index (χ1) is 6.66. The van der Waals surface area contributed by atoms with Crippen molar-refractivity contribution in [3.8, 4) is 0 Å². The third-order valence-electron chi connectivity index (χ3n) is 3.38. The van der Waals surface area contributed by atoms with Crippen LogP contribution in [0.25, 0.3) is 0 Å². The third kappa shape index (κ3) is 1.77. The Labute approximate surface area is 84.2 Å². The van der Waals surface area contributed by atoms with E-state index >= 15 is 0 Å². The summed E-state index contributed by atoms with van der Waals surface area (Å²) in [5.41, 5.74) is 4.93. The van der Waals surface area contributed by atoms with Gasteiger partial charge < -0.3 is 15.8 Å². The molecule has 0 unspecified atom stereocenters. The van der Waals surface area contributed by atoms with E-state index in [4.69, 9.17) is 10.5 Å². The maximum absolute atomic E-state index is 11.3. The largest absolute Gasteiger partial charge is 0.381 e. The van der Waals surface area contributed by atoms with Gasteiger partial charge in [0.25, 0.3) is 0 Å². The van der Waals surface area contributed by atoms with Crippen molar-refractivity contribution in [2.24, 2.45) is 11.7 Å². The number of ether oxygens (including phenoxy) is 1. The topological polar surface area (TPSA) is 64.3 Å². The van der Waals surface area contributed by atoms with Crippen LogP contribution in [0.2, 0.25) is 0 Å². The number of nitrogens with one attached hydrogen (secondary N) is 1. The van der Waals surface area contributed by atoms with Crippen molar-refractivity contribution in [1.29, 1.82) is 0 Å². The van der Waals surface area contributed by atoms with Crippen LogP contribution in [-0.4, -0.2) is 31.2 Å². The first-order valence-corrected chi connectivity index (χ1v) is 5.24. The van der Waals surface area contributed by atoms with Gasteiger partial charge >= 0.3 is 0 Å². The Balaban J connectivity index is 1.84. The molecule has 0 atom stereocenters. The van der Waals surface area contributed by atoms with Crippen molar-refractivity contribution in [3.05, 3.63) is 0 Å². The predicted octanol–water partition coefficient (Wildman–Crippen LogP) is 0.0189. The molecule has 0 aliphatic heterocycles. The first-order valence-electron chi connectivity index (χ1n) is 5.24. The molecule has 2 rings (SSSR count). The number of nitrogens with two attached hydrogens (primary N) is 1. The van der Waals surface area contributed by atoms with Crippen LogP contribution in [0.15, 0.2) is 0 Å². The molecule has 2 aliphatic carbocycles. The molecular weight excluding hydrogens is 180 g/mol. The van der Waals surface area contributed by atoms with Gasteiger partial charge in [0, 0.05) is 20.0 Å². The van der Waals surface area contributed by atoms with Crippen molar-refractivity contribution < 1.29 is 9.53 Å². The normalized spacial score (nSPS) is 36.5. The summed E-state index contributed by atoms with van der Waals surface area (Å²) < 4.78 is 5.17. The zero-order valence-electron chi connectivity index (χ0n) is 8.58. The number of primary amides is 1. The van der Waals surface area contributed by atoms with Gasteiger partial charge in [0.2, 0.25) is 5.91 Å². The number of hydrogen-bond acceptors (Lipinski definition) is 3. The van der Waals surface area contributed by atoms with Crippen molar-refractivity contribution in [3.63, 3.8) is 0 Å². The van der Waals surface area contributed by atoms with Crippen molar-refractivity contribution in [2.45, 2.75) is 37.3 Å². The molecule has 0 spiro atoms. The maximum Gasteiger partial charge on any atom is 0.237 e. The minimum atomic E-state index is -0.469. The zero-order valence-corrected chi connectivity index (χ0v) is 8.58. The van der Waals surface area contributed by atoms with E-state index in [1.165, 1.54) is 12.8 Å². The highest BCUT2D eigenvalue weighted by molar-refractivity contribution is 5.86. The highest BCUT2D eigenvalue weighted by atomic mass is 16.5. The second-order valence-electron chi connectivity index (χ2n) is 4.54. The second-order valence-corrected chi connectivity index (χ2v) is 4.54. The summed E-state index contributed by atoms with van der Waals surface area (Å²) in [6, 6.07) is 0. The molecule has 14 heavy (non-hydrogen) atoms. The summed E-state index contributed by atoms with van der Waals surface area (Å²) in [7, 11) is 1.68. The highest BCUT2D eigenvalue weighted by Gasteiger charge is 2.49. The summed E-state index contributed by atoms with van der Waals surface area (Å²) in [6.45, 7) is 0.930. The molecule has 0 saturated heterocycles. The molecule has 4 heteroatoms. The quantitative estimate of drug-likeness (QED) is 0.654. The van der Waals surface area contributed by atoms with Crippen LogP contribution in [0.1, 0.15) is 25.7 Å². The van der Waals surface area contributed by atoms with Crippen molar-refractivity contribution in [2.75, 3.05) is 13.7 Å². The van der Waals surface area contributed by atoms with Gasteiger partial charge in [-0.3, -0.25) is 4.79 Å². The minimum Gasteiger partial charge on any atom is -0.381 e. The highest BCUT2D eigenvalue weighted by Crippen LogP contribution is 2.36. The zero-order chi connectivity index (χ0) is 10.2. The lowest BCUT2D eigenvalue weighted by Gasteiger charge is -2.45. The van der Waals surface area contributed by atoms with Crippen LogP contribution in [0.5, 0.6) is 0 Å². The van der Waals surface area contributed by atoms with Crippen LogP contribution < -0.4 is 11.1 Å². The Morgan fingerprint density at radius 1 is 1.57 bits per heavy atom. The molecule has 0 aromatic rings. The van der Waals surface area contributed by atoms with Gasteiger partial charge in [-0.1, -0.05) is 0 Å². The summed E-state index contributed by atoms with van der Waals surface area (Å²) in [4.78, 5) is 11.3. The van der Waals surface area contributed by atoms with Crippen LogP contribution in [0, 0.1) is 5.92 Å². The summed E-state index contributed by atoms with van der Waals surface area (Å²) in [5.74, 6) is 0.541. The van der Waals surface area contributed by atoms with Crippen LogP contribution in [-0.2, 0) is 9.53 Å². The Kier molecular flexibility index (Phi) is 2.49. The van der Waals surface area contributed by atoms with E-state index in [0.717, 1.165) is 25.3 Å². The minimum absolute atomic E-state index is 0.203. The Morgan fingerprint density at radius 2 is 2.21 bits per heavy atom. The van der Waals surface area contributed by atoms with Gasteiger partial charge in [0.1, 0.15) is 5.54 Å². The molecule has 4 nitrogen and oxygen atoms in total. The van der Waals surface area contributed by atoms with Gasteiger partial charge in [-0.2, -0.15) is 0 Å². The molecule has 3 N–H and O–H groups in total. The number of rotatable bonds is 5. The fraction of sp³-hybridized carbons (Fsp3) is 0.900. The van der Waals surface area contributed by atoms with Crippen LogP contribution >= 0.6 is 0 Å². The molecule has 2 fully saturated rings. The van der Waals surface area contributed by atoms with Crippen molar-refractivity contribution in [1.82, 2.24) is 5.32 Å². The average Bonchev–Trinajstić information content (AvgIpc) is 2.85. The lowest BCUT2D eigenvalue weighted by atomic mass is 9.73. The Morgan fingerprint density at radius 3 is 2.64 bits per heavy atom. The Bertz CT molecular complexity index is 232. The van der Waals surface area contributed by atoms with Gasteiger partial charge in [0.05, 0.1) is 6.10 Å². The van der Waals surface area contributed by atoms with E-state index in [1.54, 1.807) is 7.11 Å². The van der Waals surface area contributed by atoms with Crippen LogP contribution in [0.3, 0.4) is 0 Å². The van der Waals surface area contributed by atoms with E-state index < -0.39 is 5.54 Å². The summed E-state index contributed by atoms with van der Waals surface area (Å²) in [6.07, 6.45) is 4.23. The van der Waals surface area contributed by atoms with E-state index in [2.05, 4.69) is 5.32 Å². The molecule has 0 heterocycles. The molecule has 0 radical (unpaired) electrons. The van der Waals surface area contributed by atoms with Gasteiger partial charge in [-0.25, -0.2) is 0 Å². The summed E-state index contributed by atoms with van der Waals surface area (Å²) in [5, 5.41) is 3.30. The Hall–Kier alpha value is -0.610. The molecule has 2 aliphatic rings. The molecular formula is C10H18N2O2. The smallest absolute Gasteiger partial charge is 0.237 e. The van der Waals surface area contributed by atoms with Gasteiger partial charge in [0.15, 0.2) is 0 Å². The van der Waals surface area contributed by atoms with E-state index in [9.17, 15) is 4.79 Å². The number of hydrogen-bond donors (Lipinski definition) is 2. The van der Waals surface area contributed by atoms with Crippen molar-refractivity contribution >= 4 is 5.91 Å². The predicted molar refractivity (Wildman–Crippen MR) is 52.7 cm³/mol. The molecule has 80 valence electrons. The molecule has 1 amide bonds. The second kappa shape index (κ2) is 3.51. The fourth-order valence-corrected chi connectivity index (χ4v) is 1.98. The lowest BCUT2D eigenvalue weighted by molar-refractivity contribution is -0.135. The number of carbonyl (C=O) groups excluding carboxylic acids is 1. The van der Waals surface area contributed by atoms with Gasteiger partial charge in [-0.05, 0) is 25.3 Å². The van der Waals surface area contributed by atoms with E-state index in [1.807, 2.05) is 0 Å². The van der Waals surface area contributed by atoms with Crippen LogP contribution in [0.4, 0.5) is 0 Å². The van der Waals surface area contributed by atoms with E-state index in [0.29, 0.717) is 0 Å². The van der Waals surface area contributed by atoms with Gasteiger partial charge in [-0.15, -0.1) is 0 Å². The monoisotopic (exact) mass is 198 g/mol. The third-order valence-corrected chi connectivity index (χ3v) is 3.38. The maximum atomic E-state index is 11.3. The standard InChI is InChI=1S/C10H18N2O2/c1-14-8-4-10(5-8,9(11)13)12-6-7-2-3-7/h7-8,12H,2-6H2,1H3,(H2,11,13). The molecule has 0 aromatic carbocycles. The molecule has 2 saturated carbocycles.